The fourth-order valence-corrected chi connectivity index (χ4v) is 2.59. The summed E-state index contributed by atoms with van der Waals surface area (Å²) in [6.45, 7) is 0.213. The molecular formula is C15H15F2NO3S. The normalized spacial score (nSPS) is 13.1. The Morgan fingerprint density at radius 1 is 1.00 bits per heavy atom. The molecule has 2 rings (SSSR count). The van der Waals surface area contributed by atoms with Gasteiger partial charge in [-0.25, -0.2) is 8.42 Å². The van der Waals surface area contributed by atoms with Crippen molar-refractivity contribution in [3.63, 3.8) is 0 Å². The van der Waals surface area contributed by atoms with E-state index >= 15 is 0 Å². The molecule has 2 N–H and O–H groups in total. The maximum Gasteiger partial charge on any atom is 0.341 e. The van der Waals surface area contributed by atoms with Crippen LogP contribution in [0.2, 0.25) is 0 Å². The summed E-state index contributed by atoms with van der Waals surface area (Å²) in [5.74, 6) is -3.44. The van der Waals surface area contributed by atoms with E-state index in [1.54, 1.807) is 12.1 Å². The van der Waals surface area contributed by atoms with Crippen LogP contribution in [0.25, 0.3) is 0 Å². The van der Waals surface area contributed by atoms with Gasteiger partial charge in [0.05, 0.1) is 11.0 Å². The lowest BCUT2D eigenvalue weighted by Gasteiger charge is -2.13. The van der Waals surface area contributed by atoms with Crippen LogP contribution < -0.4 is 5.32 Å². The number of rotatable bonds is 6. The molecule has 1 atom stereocenters. The standard InChI is InChI=1S/C15H15F2NO3S/c16-15(17)22(20,21)13-8-6-12(7-9-13)18-10-14(19)11-4-2-1-3-5-11/h1-9,14-15,18-19H,10H2/t14-/m1/s1. The number of alkyl halides is 2. The van der Waals surface area contributed by atoms with Crippen LogP contribution in [0.15, 0.2) is 59.5 Å². The van der Waals surface area contributed by atoms with Gasteiger partial charge in [-0.1, -0.05) is 30.3 Å². The van der Waals surface area contributed by atoms with Crippen molar-refractivity contribution in [3.8, 4) is 0 Å². The summed E-state index contributed by atoms with van der Waals surface area (Å²) in [7, 11) is -4.58. The molecule has 0 fully saturated rings. The number of hydrogen-bond acceptors (Lipinski definition) is 4. The Bertz CT molecular complexity index is 703. The average molecular weight is 327 g/mol. The fourth-order valence-electron chi connectivity index (χ4n) is 1.87. The minimum atomic E-state index is -4.58. The highest BCUT2D eigenvalue weighted by Crippen LogP contribution is 2.21. The molecule has 118 valence electrons. The summed E-state index contributed by atoms with van der Waals surface area (Å²) in [5, 5.41) is 12.9. The number of hydrogen-bond donors (Lipinski definition) is 2. The topological polar surface area (TPSA) is 66.4 Å². The molecule has 2 aromatic rings. The van der Waals surface area contributed by atoms with Gasteiger partial charge in [-0.05, 0) is 29.8 Å². The van der Waals surface area contributed by atoms with Gasteiger partial charge in [0, 0.05) is 12.2 Å². The van der Waals surface area contributed by atoms with Crippen LogP contribution in [0.4, 0.5) is 14.5 Å². The predicted molar refractivity (Wildman–Crippen MR) is 79.5 cm³/mol. The average Bonchev–Trinajstić information content (AvgIpc) is 2.53. The number of halogens is 2. The van der Waals surface area contributed by atoms with Crippen molar-refractivity contribution in [2.75, 3.05) is 11.9 Å². The Kier molecular flexibility index (Phi) is 5.10. The minimum Gasteiger partial charge on any atom is -0.387 e. The Hall–Kier alpha value is -1.99. The van der Waals surface area contributed by atoms with E-state index in [2.05, 4.69) is 5.32 Å². The molecule has 0 spiro atoms. The summed E-state index contributed by atoms with van der Waals surface area (Å²) in [6, 6.07) is 14.0. The van der Waals surface area contributed by atoms with Crippen LogP contribution >= 0.6 is 0 Å². The highest BCUT2D eigenvalue weighted by Gasteiger charge is 2.26. The van der Waals surface area contributed by atoms with Crippen LogP contribution in [-0.4, -0.2) is 25.8 Å². The first kappa shape index (κ1) is 16.4. The quantitative estimate of drug-likeness (QED) is 0.856. The second kappa shape index (κ2) is 6.85. The number of anilines is 1. The van der Waals surface area contributed by atoms with Gasteiger partial charge in [0.1, 0.15) is 0 Å². The monoisotopic (exact) mass is 327 g/mol. The summed E-state index contributed by atoms with van der Waals surface area (Å²) in [4.78, 5) is -0.434. The number of aliphatic hydroxyl groups is 1. The second-order valence-corrected chi connectivity index (χ2v) is 6.56. The lowest BCUT2D eigenvalue weighted by atomic mass is 10.1. The summed E-state index contributed by atoms with van der Waals surface area (Å²) < 4.78 is 47.4. The SMILES string of the molecule is O=S(=O)(c1ccc(NC[C@@H](O)c2ccccc2)cc1)C(F)F. The van der Waals surface area contributed by atoms with Crippen molar-refractivity contribution >= 4 is 15.5 Å². The first-order valence-corrected chi connectivity index (χ1v) is 8.05. The summed E-state index contributed by atoms with van der Waals surface area (Å²) in [5.41, 5.74) is 1.27. The molecule has 0 aliphatic heterocycles. The third kappa shape index (κ3) is 3.80. The van der Waals surface area contributed by atoms with E-state index in [9.17, 15) is 22.3 Å². The second-order valence-electron chi connectivity index (χ2n) is 4.64. The first-order chi connectivity index (χ1) is 10.4. The number of nitrogens with one attached hydrogen (secondary N) is 1. The van der Waals surface area contributed by atoms with Gasteiger partial charge in [-0.15, -0.1) is 0 Å². The van der Waals surface area contributed by atoms with Crippen LogP contribution in [0, 0.1) is 0 Å². The molecule has 4 nitrogen and oxygen atoms in total. The van der Waals surface area contributed by atoms with Gasteiger partial charge in [0.25, 0.3) is 0 Å². The molecule has 22 heavy (non-hydrogen) atoms. The maximum atomic E-state index is 12.4. The largest absolute Gasteiger partial charge is 0.387 e. The van der Waals surface area contributed by atoms with E-state index in [4.69, 9.17) is 0 Å². The molecule has 0 saturated carbocycles. The molecule has 0 radical (unpaired) electrons. The highest BCUT2D eigenvalue weighted by atomic mass is 32.2. The van der Waals surface area contributed by atoms with Crippen LogP contribution in [0.5, 0.6) is 0 Å². The number of aliphatic hydroxyl groups excluding tert-OH is 1. The van der Waals surface area contributed by atoms with E-state index in [1.165, 1.54) is 12.1 Å². The molecule has 0 saturated heterocycles. The van der Waals surface area contributed by atoms with E-state index < -0.39 is 26.6 Å². The van der Waals surface area contributed by atoms with Crippen molar-refractivity contribution in [1.82, 2.24) is 0 Å². The van der Waals surface area contributed by atoms with Gasteiger partial charge in [-0.2, -0.15) is 8.78 Å². The van der Waals surface area contributed by atoms with Gasteiger partial charge in [0.15, 0.2) is 0 Å². The van der Waals surface area contributed by atoms with E-state index in [1.807, 2.05) is 18.2 Å². The Balaban J connectivity index is 2.01. The molecule has 0 amide bonds. The Morgan fingerprint density at radius 3 is 2.14 bits per heavy atom. The lowest BCUT2D eigenvalue weighted by Crippen LogP contribution is -2.13. The zero-order valence-corrected chi connectivity index (χ0v) is 12.3. The molecule has 0 heterocycles. The van der Waals surface area contributed by atoms with Crippen molar-refractivity contribution in [3.05, 3.63) is 60.2 Å². The smallest absolute Gasteiger partial charge is 0.341 e. The third-order valence-corrected chi connectivity index (χ3v) is 4.50. The molecule has 0 aliphatic rings. The van der Waals surface area contributed by atoms with Crippen LogP contribution in [0.3, 0.4) is 0 Å². The van der Waals surface area contributed by atoms with Crippen molar-refractivity contribution in [2.24, 2.45) is 0 Å². The maximum absolute atomic E-state index is 12.4. The molecule has 2 aromatic carbocycles. The van der Waals surface area contributed by atoms with Crippen molar-refractivity contribution in [2.45, 2.75) is 16.8 Å². The van der Waals surface area contributed by atoms with E-state index in [-0.39, 0.29) is 6.54 Å². The van der Waals surface area contributed by atoms with E-state index in [0.29, 0.717) is 5.69 Å². The van der Waals surface area contributed by atoms with E-state index in [0.717, 1.165) is 17.7 Å². The van der Waals surface area contributed by atoms with Crippen LogP contribution in [0.1, 0.15) is 11.7 Å². The molecule has 7 heteroatoms. The summed E-state index contributed by atoms with van der Waals surface area (Å²) >= 11 is 0. The van der Waals surface area contributed by atoms with Gasteiger partial charge >= 0.3 is 5.76 Å². The van der Waals surface area contributed by atoms with Gasteiger partial charge in [-0.3, -0.25) is 0 Å². The highest BCUT2D eigenvalue weighted by molar-refractivity contribution is 7.91. The lowest BCUT2D eigenvalue weighted by molar-refractivity contribution is 0.191. The zero-order chi connectivity index (χ0) is 16.2. The minimum absolute atomic E-state index is 0.213. The molecule has 0 unspecified atom stereocenters. The molecule has 0 aliphatic carbocycles. The number of benzene rings is 2. The molecular weight excluding hydrogens is 312 g/mol. The molecule has 0 bridgehead atoms. The van der Waals surface area contributed by atoms with Crippen molar-refractivity contribution < 1.29 is 22.3 Å². The van der Waals surface area contributed by atoms with Gasteiger partial charge < -0.3 is 10.4 Å². The fraction of sp³-hybridized carbons (Fsp3) is 0.200. The predicted octanol–water partition coefficient (Wildman–Crippen LogP) is 2.83. The van der Waals surface area contributed by atoms with Gasteiger partial charge in [0.2, 0.25) is 9.84 Å². The molecule has 0 aromatic heterocycles. The van der Waals surface area contributed by atoms with Crippen LogP contribution in [-0.2, 0) is 9.84 Å². The number of sulfone groups is 1. The zero-order valence-electron chi connectivity index (χ0n) is 11.5. The first-order valence-electron chi connectivity index (χ1n) is 6.50. The third-order valence-electron chi connectivity index (χ3n) is 3.10. The Morgan fingerprint density at radius 2 is 1.59 bits per heavy atom. The Labute approximate surface area is 127 Å². The summed E-state index contributed by atoms with van der Waals surface area (Å²) in [6.07, 6.45) is -0.731. The van der Waals surface area contributed by atoms with Crippen molar-refractivity contribution in [1.29, 1.82) is 0 Å².